The Kier molecular flexibility index (Phi) is 3.56. The van der Waals surface area contributed by atoms with E-state index in [1.54, 1.807) is 6.20 Å². The maximum absolute atomic E-state index is 12.4. The van der Waals surface area contributed by atoms with Gasteiger partial charge in [-0.3, -0.25) is 0 Å². The van der Waals surface area contributed by atoms with E-state index in [0.717, 1.165) is 23.4 Å². The van der Waals surface area contributed by atoms with Crippen molar-refractivity contribution >= 4 is 22.2 Å². The molecule has 2 rings (SSSR count). The summed E-state index contributed by atoms with van der Waals surface area (Å²) in [7, 11) is 0. The van der Waals surface area contributed by atoms with Crippen LogP contribution in [0.25, 0.3) is 0 Å². The first kappa shape index (κ1) is 12.9. The second kappa shape index (κ2) is 4.97. The molecule has 0 fully saturated rings. The number of anilines is 2. The molecular formula is C12H11F3N2S. The SMILES string of the molecule is CCc1cnc(Nc2ccc(C(F)(F)F)cc2)s1. The third-order valence-corrected chi connectivity index (χ3v) is 3.42. The van der Waals surface area contributed by atoms with Crippen molar-refractivity contribution in [1.82, 2.24) is 4.98 Å². The van der Waals surface area contributed by atoms with Crippen LogP contribution >= 0.6 is 11.3 Å². The van der Waals surface area contributed by atoms with Gasteiger partial charge in [0.15, 0.2) is 5.13 Å². The van der Waals surface area contributed by atoms with Crippen molar-refractivity contribution in [3.05, 3.63) is 40.9 Å². The van der Waals surface area contributed by atoms with E-state index in [2.05, 4.69) is 10.3 Å². The van der Waals surface area contributed by atoms with Gasteiger partial charge in [0.2, 0.25) is 0 Å². The molecule has 1 aromatic carbocycles. The van der Waals surface area contributed by atoms with Gasteiger partial charge >= 0.3 is 6.18 Å². The van der Waals surface area contributed by atoms with Crippen molar-refractivity contribution in [2.45, 2.75) is 19.5 Å². The molecule has 0 amide bonds. The van der Waals surface area contributed by atoms with E-state index in [4.69, 9.17) is 0 Å². The minimum atomic E-state index is -4.30. The first-order valence-electron chi connectivity index (χ1n) is 5.38. The van der Waals surface area contributed by atoms with Crippen LogP contribution in [0.15, 0.2) is 30.5 Å². The van der Waals surface area contributed by atoms with Crippen molar-refractivity contribution in [2.75, 3.05) is 5.32 Å². The fourth-order valence-electron chi connectivity index (χ4n) is 1.39. The summed E-state index contributed by atoms with van der Waals surface area (Å²) < 4.78 is 37.1. The highest BCUT2D eigenvalue weighted by molar-refractivity contribution is 7.15. The fourth-order valence-corrected chi connectivity index (χ4v) is 2.17. The van der Waals surface area contributed by atoms with Crippen molar-refractivity contribution in [3.8, 4) is 0 Å². The summed E-state index contributed by atoms with van der Waals surface area (Å²) in [6, 6.07) is 4.90. The van der Waals surface area contributed by atoms with Crippen LogP contribution in [0.5, 0.6) is 0 Å². The fraction of sp³-hybridized carbons (Fsp3) is 0.250. The Labute approximate surface area is 106 Å². The predicted octanol–water partition coefficient (Wildman–Crippen LogP) is 4.47. The van der Waals surface area contributed by atoms with Crippen molar-refractivity contribution in [1.29, 1.82) is 0 Å². The van der Waals surface area contributed by atoms with Crippen LogP contribution in [0, 0.1) is 0 Å². The average molecular weight is 272 g/mol. The van der Waals surface area contributed by atoms with Gasteiger partial charge in [0, 0.05) is 16.8 Å². The number of hydrogen-bond donors (Lipinski definition) is 1. The Morgan fingerprint density at radius 1 is 1.22 bits per heavy atom. The maximum Gasteiger partial charge on any atom is 0.416 e. The number of aromatic nitrogens is 1. The van der Waals surface area contributed by atoms with Gasteiger partial charge in [0.1, 0.15) is 0 Å². The van der Waals surface area contributed by atoms with Crippen LogP contribution in [0.3, 0.4) is 0 Å². The maximum atomic E-state index is 12.4. The monoisotopic (exact) mass is 272 g/mol. The minimum absolute atomic E-state index is 0.597. The van der Waals surface area contributed by atoms with Gasteiger partial charge in [0.25, 0.3) is 0 Å². The van der Waals surface area contributed by atoms with Gasteiger partial charge in [-0.2, -0.15) is 13.2 Å². The van der Waals surface area contributed by atoms with E-state index in [1.807, 2.05) is 6.92 Å². The smallest absolute Gasteiger partial charge is 0.332 e. The number of aryl methyl sites for hydroxylation is 1. The second-order valence-electron chi connectivity index (χ2n) is 3.69. The Morgan fingerprint density at radius 2 is 1.89 bits per heavy atom. The minimum Gasteiger partial charge on any atom is -0.332 e. The molecule has 18 heavy (non-hydrogen) atoms. The molecule has 1 aromatic heterocycles. The molecular weight excluding hydrogens is 261 g/mol. The number of nitrogens with zero attached hydrogens (tertiary/aromatic N) is 1. The molecule has 0 atom stereocenters. The van der Waals surface area contributed by atoms with Gasteiger partial charge in [-0.15, -0.1) is 11.3 Å². The molecule has 0 aliphatic carbocycles. The van der Waals surface area contributed by atoms with E-state index < -0.39 is 11.7 Å². The summed E-state index contributed by atoms with van der Waals surface area (Å²) in [6.45, 7) is 2.02. The highest BCUT2D eigenvalue weighted by Gasteiger charge is 2.29. The summed E-state index contributed by atoms with van der Waals surface area (Å²) in [4.78, 5) is 5.27. The third kappa shape index (κ3) is 3.01. The molecule has 2 aromatic rings. The number of rotatable bonds is 3. The molecule has 96 valence electrons. The highest BCUT2D eigenvalue weighted by Crippen LogP contribution is 2.30. The van der Waals surface area contributed by atoms with Gasteiger partial charge in [0.05, 0.1) is 5.56 Å². The standard InChI is InChI=1S/C12H11F3N2S/c1-2-10-7-16-11(18-10)17-9-5-3-8(4-6-9)12(13,14)15/h3-7H,2H2,1H3,(H,16,17). The largest absolute Gasteiger partial charge is 0.416 e. The highest BCUT2D eigenvalue weighted by atomic mass is 32.1. The van der Waals surface area contributed by atoms with Gasteiger partial charge < -0.3 is 5.32 Å². The van der Waals surface area contributed by atoms with E-state index >= 15 is 0 Å². The first-order valence-corrected chi connectivity index (χ1v) is 6.19. The summed E-state index contributed by atoms with van der Waals surface area (Å²) in [5.74, 6) is 0. The average Bonchev–Trinajstić information content (AvgIpc) is 2.76. The predicted molar refractivity (Wildman–Crippen MR) is 66.2 cm³/mol. The number of benzene rings is 1. The van der Waals surface area contributed by atoms with Gasteiger partial charge in [-0.25, -0.2) is 4.98 Å². The van der Waals surface area contributed by atoms with E-state index in [-0.39, 0.29) is 0 Å². The lowest BCUT2D eigenvalue weighted by Gasteiger charge is -2.07. The quantitative estimate of drug-likeness (QED) is 0.891. The van der Waals surface area contributed by atoms with Gasteiger partial charge in [-0.1, -0.05) is 6.92 Å². The molecule has 0 bridgehead atoms. The Balaban J connectivity index is 2.11. The number of hydrogen-bond acceptors (Lipinski definition) is 3. The molecule has 0 aliphatic heterocycles. The Morgan fingerprint density at radius 3 is 2.39 bits per heavy atom. The zero-order valence-corrected chi connectivity index (χ0v) is 10.4. The van der Waals surface area contributed by atoms with Crippen LogP contribution in [0.1, 0.15) is 17.4 Å². The molecule has 0 radical (unpaired) electrons. The molecule has 1 N–H and O–H groups in total. The van der Waals surface area contributed by atoms with Crippen LogP contribution < -0.4 is 5.32 Å². The number of nitrogens with one attached hydrogen (secondary N) is 1. The van der Waals surface area contributed by atoms with Crippen LogP contribution in [0.4, 0.5) is 24.0 Å². The first-order chi connectivity index (χ1) is 8.49. The summed E-state index contributed by atoms with van der Waals surface area (Å²) in [5.41, 5.74) is -0.0542. The van der Waals surface area contributed by atoms with Crippen molar-refractivity contribution in [3.63, 3.8) is 0 Å². The van der Waals surface area contributed by atoms with Gasteiger partial charge in [-0.05, 0) is 30.7 Å². The van der Waals surface area contributed by atoms with Crippen LogP contribution in [-0.4, -0.2) is 4.98 Å². The van der Waals surface area contributed by atoms with Crippen LogP contribution in [-0.2, 0) is 12.6 Å². The number of alkyl halides is 3. The third-order valence-electron chi connectivity index (χ3n) is 2.37. The topological polar surface area (TPSA) is 24.9 Å². The lowest BCUT2D eigenvalue weighted by atomic mass is 10.2. The second-order valence-corrected chi connectivity index (χ2v) is 4.80. The molecule has 0 saturated carbocycles. The lowest BCUT2D eigenvalue weighted by Crippen LogP contribution is -2.04. The lowest BCUT2D eigenvalue weighted by molar-refractivity contribution is -0.137. The van der Waals surface area contributed by atoms with E-state index in [1.165, 1.54) is 23.5 Å². The molecule has 0 spiro atoms. The number of halogens is 3. The van der Waals surface area contributed by atoms with E-state index in [9.17, 15) is 13.2 Å². The summed E-state index contributed by atoms with van der Waals surface area (Å²) >= 11 is 1.49. The summed E-state index contributed by atoms with van der Waals surface area (Å²) in [6.07, 6.45) is -1.64. The van der Waals surface area contributed by atoms with Crippen molar-refractivity contribution in [2.24, 2.45) is 0 Å². The normalized spacial score (nSPS) is 11.6. The number of thiazole rings is 1. The molecule has 0 unspecified atom stereocenters. The zero-order valence-electron chi connectivity index (χ0n) is 9.58. The Hall–Kier alpha value is -1.56. The Bertz CT molecular complexity index is 517. The zero-order chi connectivity index (χ0) is 13.2. The molecule has 6 heteroatoms. The molecule has 1 heterocycles. The molecule has 0 saturated heterocycles. The van der Waals surface area contributed by atoms with Crippen molar-refractivity contribution < 1.29 is 13.2 Å². The van der Waals surface area contributed by atoms with Crippen LogP contribution in [0.2, 0.25) is 0 Å². The molecule has 0 aliphatic rings. The summed E-state index contributed by atoms with van der Waals surface area (Å²) in [5, 5.41) is 3.66. The molecule has 2 nitrogen and oxygen atoms in total. The van der Waals surface area contributed by atoms with E-state index in [0.29, 0.717) is 10.8 Å².